The molecule has 0 radical (unpaired) electrons. The molecule has 0 bridgehead atoms. The molecule has 0 N–H and O–H groups in total. The van der Waals surface area contributed by atoms with Gasteiger partial charge in [0.1, 0.15) is 0 Å². The van der Waals surface area contributed by atoms with Crippen LogP contribution in [-0.4, -0.2) is 0 Å². The molecule has 70 heavy (non-hydrogen) atoms. The Balaban J connectivity index is 0.905. The monoisotopic (exact) mass is 893 g/mol. The van der Waals surface area contributed by atoms with Crippen LogP contribution in [0.1, 0.15) is 48.6 Å². The van der Waals surface area contributed by atoms with Crippen LogP contribution in [0.5, 0.6) is 0 Å². The molecule has 0 aliphatic heterocycles. The topological polar surface area (TPSA) is 3.24 Å². The number of anilines is 3. The van der Waals surface area contributed by atoms with Crippen molar-refractivity contribution in [3.05, 3.63) is 283 Å². The third-order valence-corrected chi connectivity index (χ3v) is 15.6. The lowest BCUT2D eigenvalue weighted by atomic mass is 9.74. The van der Waals surface area contributed by atoms with Gasteiger partial charge in [-0.25, -0.2) is 0 Å². The lowest BCUT2D eigenvalue weighted by Crippen LogP contribution is -2.22. The van der Waals surface area contributed by atoms with E-state index < -0.39 is 0 Å². The first-order chi connectivity index (χ1) is 34.4. The number of benzene rings is 11. The maximum atomic E-state index is 2.43. The average Bonchev–Trinajstić information content (AvgIpc) is 3.83. The molecule has 1 unspecified atom stereocenters. The van der Waals surface area contributed by atoms with Gasteiger partial charge in [0.15, 0.2) is 0 Å². The van der Waals surface area contributed by atoms with Crippen LogP contribution in [-0.2, 0) is 10.8 Å². The van der Waals surface area contributed by atoms with E-state index in [0.717, 1.165) is 17.1 Å². The molecular formula is C69H51N. The molecule has 0 aromatic heterocycles. The lowest BCUT2D eigenvalue weighted by molar-refractivity contribution is 0.662. The highest BCUT2D eigenvalue weighted by atomic mass is 15.1. The van der Waals surface area contributed by atoms with Crippen molar-refractivity contribution in [1.29, 1.82) is 0 Å². The number of hydrogen-bond acceptors (Lipinski definition) is 1. The maximum absolute atomic E-state index is 2.43. The molecule has 0 saturated heterocycles. The van der Waals surface area contributed by atoms with Gasteiger partial charge in [0.05, 0.1) is 0 Å². The standard InChI is InChI=1S/C69H51N/c1-68(2)64-32-13-11-28-60(64)63-31-17-30-62(67(63)68)58-26-10-9-25-56(58)48-36-41-53(42-37-48)70(54-23-15-20-50(44-54)57-29-16-19-47-18-7-8-24-55(47)57)52-39-34-46(35-40-52)49-38-43-61-59-27-12-14-33-65(59)69(3,66(61)45-49)51-21-5-4-6-22-51/h4-45H,1-3H3. The highest BCUT2D eigenvalue weighted by molar-refractivity contribution is 5.98. The Morgan fingerprint density at radius 1 is 0.286 bits per heavy atom. The Morgan fingerprint density at radius 2 is 0.800 bits per heavy atom. The first-order valence-corrected chi connectivity index (χ1v) is 24.6. The van der Waals surface area contributed by atoms with Gasteiger partial charge in [-0.3, -0.25) is 0 Å². The first kappa shape index (κ1) is 41.7. The Morgan fingerprint density at radius 3 is 1.56 bits per heavy atom. The Labute approximate surface area is 411 Å². The van der Waals surface area contributed by atoms with Gasteiger partial charge in [0, 0.05) is 27.9 Å². The third-order valence-electron chi connectivity index (χ3n) is 15.6. The second-order valence-corrected chi connectivity index (χ2v) is 19.7. The summed E-state index contributed by atoms with van der Waals surface area (Å²) in [6.45, 7) is 7.14. The van der Waals surface area contributed by atoms with Crippen LogP contribution in [0, 0.1) is 0 Å². The quantitative estimate of drug-likeness (QED) is 0.147. The van der Waals surface area contributed by atoms with Gasteiger partial charge in [-0.05, 0) is 155 Å². The number of hydrogen-bond donors (Lipinski definition) is 0. The van der Waals surface area contributed by atoms with Crippen molar-refractivity contribution in [2.75, 3.05) is 4.90 Å². The number of nitrogens with zero attached hydrogens (tertiary/aromatic N) is 1. The van der Waals surface area contributed by atoms with Crippen molar-refractivity contribution < 1.29 is 0 Å². The second-order valence-electron chi connectivity index (χ2n) is 19.7. The van der Waals surface area contributed by atoms with Crippen molar-refractivity contribution in [2.45, 2.75) is 31.6 Å². The van der Waals surface area contributed by atoms with Crippen molar-refractivity contribution in [1.82, 2.24) is 0 Å². The van der Waals surface area contributed by atoms with Crippen LogP contribution in [0.15, 0.2) is 255 Å². The molecule has 0 amide bonds. The van der Waals surface area contributed by atoms with Gasteiger partial charge < -0.3 is 4.90 Å². The molecule has 0 spiro atoms. The van der Waals surface area contributed by atoms with Crippen molar-refractivity contribution in [3.63, 3.8) is 0 Å². The second kappa shape index (κ2) is 16.3. The molecular weight excluding hydrogens is 843 g/mol. The van der Waals surface area contributed by atoms with Crippen LogP contribution in [0.2, 0.25) is 0 Å². The van der Waals surface area contributed by atoms with Gasteiger partial charge in [-0.1, -0.05) is 226 Å². The largest absolute Gasteiger partial charge is 0.310 e. The number of rotatable bonds is 8. The van der Waals surface area contributed by atoms with Gasteiger partial charge >= 0.3 is 0 Å². The molecule has 2 aliphatic rings. The minimum Gasteiger partial charge on any atom is -0.310 e. The van der Waals surface area contributed by atoms with Crippen LogP contribution >= 0.6 is 0 Å². The highest BCUT2D eigenvalue weighted by Gasteiger charge is 2.41. The summed E-state index contributed by atoms with van der Waals surface area (Å²) in [7, 11) is 0. The van der Waals surface area contributed by atoms with E-state index in [2.05, 4.69) is 280 Å². The molecule has 1 nitrogen and oxygen atoms in total. The van der Waals surface area contributed by atoms with Crippen molar-refractivity contribution in [2.24, 2.45) is 0 Å². The molecule has 0 heterocycles. The summed E-state index contributed by atoms with van der Waals surface area (Å²) in [4.78, 5) is 2.41. The normalized spacial score (nSPS) is 15.0. The van der Waals surface area contributed by atoms with Crippen LogP contribution in [0.3, 0.4) is 0 Å². The molecule has 332 valence electrons. The Hall–Kier alpha value is -8.52. The molecule has 11 aromatic carbocycles. The third kappa shape index (κ3) is 6.53. The highest BCUT2D eigenvalue weighted by Crippen LogP contribution is 2.55. The Kier molecular flexibility index (Phi) is 9.71. The van der Waals surface area contributed by atoms with E-state index in [1.165, 1.54) is 105 Å². The molecule has 13 rings (SSSR count). The summed E-state index contributed by atoms with van der Waals surface area (Å²) in [5, 5.41) is 2.49. The van der Waals surface area contributed by atoms with Gasteiger partial charge in [0.2, 0.25) is 0 Å². The van der Waals surface area contributed by atoms with Crippen LogP contribution in [0.25, 0.3) is 77.5 Å². The molecule has 1 heteroatoms. The van der Waals surface area contributed by atoms with E-state index in [4.69, 9.17) is 0 Å². The minimum absolute atomic E-state index is 0.120. The summed E-state index contributed by atoms with van der Waals surface area (Å²) < 4.78 is 0. The van der Waals surface area contributed by atoms with E-state index in [9.17, 15) is 0 Å². The predicted octanol–water partition coefficient (Wildman–Crippen LogP) is 18.6. The summed E-state index contributed by atoms with van der Waals surface area (Å²) in [5.41, 5.74) is 24.8. The average molecular weight is 894 g/mol. The lowest BCUT2D eigenvalue weighted by Gasteiger charge is -2.28. The van der Waals surface area contributed by atoms with E-state index in [1.54, 1.807) is 0 Å². The van der Waals surface area contributed by atoms with E-state index in [-0.39, 0.29) is 10.8 Å². The maximum Gasteiger partial charge on any atom is 0.0467 e. The fourth-order valence-corrected chi connectivity index (χ4v) is 12.1. The van der Waals surface area contributed by atoms with E-state index in [0.29, 0.717) is 0 Å². The molecule has 0 saturated carbocycles. The van der Waals surface area contributed by atoms with Crippen LogP contribution in [0.4, 0.5) is 17.1 Å². The SMILES string of the molecule is CC1(C)c2ccccc2-c2cccc(-c3ccccc3-c3ccc(N(c4ccc(-c5ccc6c(c5)C(C)(c5ccccc5)c5ccccc5-6)cc4)c4cccc(-c5cccc6ccccc56)c4)cc3)c21. The zero-order valence-electron chi connectivity index (χ0n) is 39.7. The zero-order valence-corrected chi connectivity index (χ0v) is 39.7. The minimum atomic E-state index is -0.259. The molecule has 2 aliphatic carbocycles. The fraction of sp³-hybridized carbons (Fsp3) is 0.0725. The van der Waals surface area contributed by atoms with Crippen LogP contribution < -0.4 is 4.90 Å². The van der Waals surface area contributed by atoms with Gasteiger partial charge in [-0.15, -0.1) is 0 Å². The zero-order chi connectivity index (χ0) is 47.0. The smallest absolute Gasteiger partial charge is 0.0467 e. The first-order valence-electron chi connectivity index (χ1n) is 24.6. The van der Waals surface area contributed by atoms with E-state index >= 15 is 0 Å². The Bertz CT molecular complexity index is 3800. The number of fused-ring (bicyclic) bond motifs is 7. The summed E-state index contributed by atoms with van der Waals surface area (Å²) in [5.74, 6) is 0. The molecule has 0 fully saturated rings. The summed E-state index contributed by atoms with van der Waals surface area (Å²) in [6, 6.07) is 94.3. The van der Waals surface area contributed by atoms with Gasteiger partial charge in [0.25, 0.3) is 0 Å². The molecule has 11 aromatic rings. The van der Waals surface area contributed by atoms with Gasteiger partial charge in [-0.2, -0.15) is 0 Å². The van der Waals surface area contributed by atoms with Crippen molar-refractivity contribution in [3.8, 4) is 66.8 Å². The summed E-state index contributed by atoms with van der Waals surface area (Å²) in [6.07, 6.45) is 0. The predicted molar refractivity (Wildman–Crippen MR) is 295 cm³/mol. The molecule has 1 atom stereocenters. The fourth-order valence-electron chi connectivity index (χ4n) is 12.1. The van der Waals surface area contributed by atoms with Crippen molar-refractivity contribution >= 4 is 27.8 Å². The van der Waals surface area contributed by atoms with E-state index in [1.807, 2.05) is 0 Å². The summed E-state index contributed by atoms with van der Waals surface area (Å²) >= 11 is 0.